The molecule has 0 saturated heterocycles. The van der Waals surface area contributed by atoms with Gasteiger partial charge in [-0.25, -0.2) is 0 Å². The maximum Gasteiger partial charge on any atom is 0.221 e. The summed E-state index contributed by atoms with van der Waals surface area (Å²) < 4.78 is 0. The zero-order valence-corrected chi connectivity index (χ0v) is 10.9. The third-order valence-corrected chi connectivity index (χ3v) is 3.62. The van der Waals surface area contributed by atoms with E-state index in [1.54, 1.807) is 0 Å². The van der Waals surface area contributed by atoms with Crippen LogP contribution in [0.25, 0.3) is 0 Å². The first-order chi connectivity index (χ1) is 7.56. The average molecular weight is 226 g/mol. The number of carbonyl (C=O) groups excluding carboxylic acids is 1. The third kappa shape index (κ3) is 4.12. The van der Waals surface area contributed by atoms with Gasteiger partial charge >= 0.3 is 0 Å². The Morgan fingerprint density at radius 1 is 1.38 bits per heavy atom. The molecule has 0 aromatic heterocycles. The molecule has 94 valence electrons. The molecule has 1 unspecified atom stereocenters. The molecule has 3 heteroatoms. The molecule has 1 amide bonds. The topological polar surface area (TPSA) is 41.1 Å². The first-order valence-corrected chi connectivity index (χ1v) is 6.56. The monoisotopic (exact) mass is 226 g/mol. The van der Waals surface area contributed by atoms with Gasteiger partial charge in [0.25, 0.3) is 0 Å². The Balaban J connectivity index is 2.31. The lowest BCUT2D eigenvalue weighted by Crippen LogP contribution is -2.47. The zero-order valence-electron chi connectivity index (χ0n) is 10.9. The van der Waals surface area contributed by atoms with Gasteiger partial charge in [0.1, 0.15) is 0 Å². The molecule has 0 radical (unpaired) electrons. The highest BCUT2D eigenvalue weighted by atomic mass is 16.1. The number of hydrogen-bond acceptors (Lipinski definition) is 2. The van der Waals surface area contributed by atoms with Gasteiger partial charge in [-0.1, -0.05) is 33.6 Å². The van der Waals surface area contributed by atoms with Gasteiger partial charge in [0, 0.05) is 19.0 Å². The number of amides is 1. The molecule has 1 fully saturated rings. The van der Waals surface area contributed by atoms with Gasteiger partial charge in [-0.05, 0) is 24.8 Å². The molecule has 0 aliphatic heterocycles. The molecule has 16 heavy (non-hydrogen) atoms. The van der Waals surface area contributed by atoms with Gasteiger partial charge < -0.3 is 10.6 Å². The Morgan fingerprint density at radius 2 is 2.12 bits per heavy atom. The first-order valence-electron chi connectivity index (χ1n) is 6.56. The molecule has 1 atom stereocenters. The number of nitrogens with one attached hydrogen (secondary N) is 2. The third-order valence-electron chi connectivity index (χ3n) is 3.62. The van der Waals surface area contributed by atoms with Gasteiger partial charge in [-0.15, -0.1) is 0 Å². The minimum absolute atomic E-state index is 0.195. The Bertz CT molecular complexity index is 226. The molecule has 0 aromatic rings. The van der Waals surface area contributed by atoms with Gasteiger partial charge in [0.15, 0.2) is 0 Å². The van der Waals surface area contributed by atoms with Crippen molar-refractivity contribution in [2.45, 2.75) is 58.9 Å². The Kier molecular flexibility index (Phi) is 5.26. The second kappa shape index (κ2) is 6.24. The lowest BCUT2D eigenvalue weighted by atomic mass is 9.73. The quantitative estimate of drug-likeness (QED) is 0.705. The van der Waals surface area contributed by atoms with Crippen molar-refractivity contribution in [2.75, 3.05) is 13.1 Å². The predicted octanol–water partition coefficient (Wildman–Crippen LogP) is 2.07. The van der Waals surface area contributed by atoms with E-state index in [4.69, 9.17) is 0 Å². The van der Waals surface area contributed by atoms with Crippen LogP contribution in [0.2, 0.25) is 0 Å². The summed E-state index contributed by atoms with van der Waals surface area (Å²) in [6.45, 7) is 8.31. The van der Waals surface area contributed by atoms with E-state index in [9.17, 15) is 4.79 Å². The Morgan fingerprint density at radius 3 is 2.75 bits per heavy atom. The van der Waals surface area contributed by atoms with Gasteiger partial charge in [0.05, 0.1) is 0 Å². The van der Waals surface area contributed by atoms with Crippen molar-refractivity contribution in [1.29, 1.82) is 0 Å². The van der Waals surface area contributed by atoms with Crippen molar-refractivity contribution in [3.05, 3.63) is 0 Å². The van der Waals surface area contributed by atoms with Crippen LogP contribution in [-0.2, 0) is 4.79 Å². The highest BCUT2D eigenvalue weighted by Crippen LogP contribution is 2.35. The van der Waals surface area contributed by atoms with Gasteiger partial charge in [-0.3, -0.25) is 4.79 Å². The van der Waals surface area contributed by atoms with E-state index in [0.717, 1.165) is 19.5 Å². The number of hydrogen-bond donors (Lipinski definition) is 2. The fraction of sp³-hybridized carbons (Fsp3) is 0.923. The van der Waals surface area contributed by atoms with E-state index in [0.29, 0.717) is 12.5 Å². The maximum atomic E-state index is 11.7. The highest BCUT2D eigenvalue weighted by molar-refractivity contribution is 5.76. The Hall–Kier alpha value is -0.570. The standard InChI is InChI=1S/C13H26N2O/c1-4-14-10-8-12(16)15-11-7-5-6-9-13(11,2)3/h11,14H,4-10H2,1-3H3,(H,15,16). The largest absolute Gasteiger partial charge is 0.353 e. The summed E-state index contributed by atoms with van der Waals surface area (Å²) in [5.74, 6) is 0.195. The lowest BCUT2D eigenvalue weighted by molar-refractivity contribution is -0.122. The lowest BCUT2D eigenvalue weighted by Gasteiger charge is -2.39. The molecular formula is C13H26N2O. The molecular weight excluding hydrogens is 200 g/mol. The number of carbonyl (C=O) groups is 1. The fourth-order valence-corrected chi connectivity index (χ4v) is 2.41. The van der Waals surface area contributed by atoms with Gasteiger partial charge in [-0.2, -0.15) is 0 Å². The molecule has 0 heterocycles. The molecule has 0 spiro atoms. The zero-order chi connectivity index (χ0) is 12.0. The second-order valence-electron chi connectivity index (χ2n) is 5.46. The van der Waals surface area contributed by atoms with Crippen molar-refractivity contribution in [1.82, 2.24) is 10.6 Å². The first kappa shape index (κ1) is 13.5. The molecule has 1 rings (SSSR count). The molecule has 0 bridgehead atoms. The van der Waals surface area contributed by atoms with Crippen LogP contribution in [0.5, 0.6) is 0 Å². The van der Waals surface area contributed by atoms with E-state index in [1.165, 1.54) is 19.3 Å². The normalized spacial score (nSPS) is 24.1. The van der Waals surface area contributed by atoms with Gasteiger partial charge in [0.2, 0.25) is 5.91 Å². The van der Waals surface area contributed by atoms with Crippen LogP contribution in [0.1, 0.15) is 52.9 Å². The summed E-state index contributed by atoms with van der Waals surface area (Å²) in [6, 6.07) is 0.371. The van der Waals surface area contributed by atoms with Crippen molar-refractivity contribution in [3.63, 3.8) is 0 Å². The minimum Gasteiger partial charge on any atom is -0.353 e. The van der Waals surface area contributed by atoms with Crippen LogP contribution < -0.4 is 10.6 Å². The highest BCUT2D eigenvalue weighted by Gasteiger charge is 2.32. The SMILES string of the molecule is CCNCCC(=O)NC1CCCCC1(C)C. The van der Waals surface area contributed by atoms with E-state index in [2.05, 4.69) is 31.4 Å². The van der Waals surface area contributed by atoms with E-state index >= 15 is 0 Å². The predicted molar refractivity (Wildman–Crippen MR) is 67.3 cm³/mol. The van der Waals surface area contributed by atoms with Crippen molar-refractivity contribution < 1.29 is 4.79 Å². The van der Waals surface area contributed by atoms with Crippen LogP contribution >= 0.6 is 0 Å². The molecule has 2 N–H and O–H groups in total. The summed E-state index contributed by atoms with van der Waals surface area (Å²) in [5.41, 5.74) is 0.270. The molecule has 1 aliphatic rings. The van der Waals surface area contributed by atoms with Crippen LogP contribution in [0.4, 0.5) is 0 Å². The van der Waals surface area contributed by atoms with Crippen LogP contribution in [0.15, 0.2) is 0 Å². The minimum atomic E-state index is 0.195. The second-order valence-corrected chi connectivity index (χ2v) is 5.46. The van der Waals surface area contributed by atoms with Crippen molar-refractivity contribution in [2.24, 2.45) is 5.41 Å². The molecule has 3 nitrogen and oxygen atoms in total. The summed E-state index contributed by atoms with van der Waals surface area (Å²) in [6.07, 6.45) is 5.52. The maximum absolute atomic E-state index is 11.7. The number of rotatable bonds is 5. The van der Waals surface area contributed by atoms with Crippen LogP contribution in [0.3, 0.4) is 0 Å². The molecule has 1 aliphatic carbocycles. The summed E-state index contributed by atoms with van der Waals surface area (Å²) in [7, 11) is 0. The summed E-state index contributed by atoms with van der Waals surface area (Å²) >= 11 is 0. The average Bonchev–Trinajstić information content (AvgIpc) is 2.21. The van der Waals surface area contributed by atoms with Crippen molar-refractivity contribution >= 4 is 5.91 Å². The van der Waals surface area contributed by atoms with Crippen LogP contribution in [0, 0.1) is 5.41 Å². The fourth-order valence-electron chi connectivity index (χ4n) is 2.41. The molecule has 1 saturated carbocycles. The Labute approximate surface area is 99.4 Å². The van der Waals surface area contributed by atoms with E-state index < -0.39 is 0 Å². The van der Waals surface area contributed by atoms with E-state index in [1.807, 2.05) is 0 Å². The van der Waals surface area contributed by atoms with E-state index in [-0.39, 0.29) is 11.3 Å². The summed E-state index contributed by atoms with van der Waals surface area (Å²) in [4.78, 5) is 11.7. The smallest absolute Gasteiger partial charge is 0.221 e. The van der Waals surface area contributed by atoms with Crippen molar-refractivity contribution in [3.8, 4) is 0 Å². The van der Waals surface area contributed by atoms with Crippen LogP contribution in [-0.4, -0.2) is 25.0 Å². The molecule has 0 aromatic carbocycles. The summed E-state index contributed by atoms with van der Waals surface area (Å²) in [5, 5.41) is 6.37.